The molecule has 0 saturated heterocycles. The molecule has 0 aliphatic carbocycles. The lowest BCUT2D eigenvalue weighted by molar-refractivity contribution is 0.101. The first-order chi connectivity index (χ1) is 14.4. The summed E-state index contributed by atoms with van der Waals surface area (Å²) in [5, 5.41) is 6.28. The molecule has 0 atom stereocenters. The first-order valence-corrected chi connectivity index (χ1v) is 9.57. The van der Waals surface area contributed by atoms with Crippen molar-refractivity contribution in [1.29, 1.82) is 0 Å². The van der Waals surface area contributed by atoms with Gasteiger partial charge in [0.2, 0.25) is 0 Å². The number of nitrogens with one attached hydrogen (secondary N) is 2. The van der Waals surface area contributed by atoms with E-state index in [1.54, 1.807) is 54.6 Å². The second-order valence-corrected chi connectivity index (χ2v) is 6.99. The van der Waals surface area contributed by atoms with Crippen LogP contribution in [-0.4, -0.2) is 26.0 Å². The second kappa shape index (κ2) is 9.52. The number of amides is 2. The van der Waals surface area contributed by atoms with Gasteiger partial charge in [-0.2, -0.15) is 0 Å². The maximum Gasteiger partial charge on any atom is 0.259 e. The van der Waals surface area contributed by atoms with Gasteiger partial charge < -0.3 is 20.1 Å². The zero-order valence-electron chi connectivity index (χ0n) is 16.2. The van der Waals surface area contributed by atoms with E-state index in [2.05, 4.69) is 10.6 Å². The topological polar surface area (TPSA) is 76.7 Å². The van der Waals surface area contributed by atoms with Crippen LogP contribution in [0.1, 0.15) is 20.7 Å². The molecule has 154 valence electrons. The molecule has 30 heavy (non-hydrogen) atoms. The van der Waals surface area contributed by atoms with Gasteiger partial charge in [-0.05, 0) is 42.5 Å². The quantitative estimate of drug-likeness (QED) is 0.524. The molecule has 3 aromatic rings. The van der Waals surface area contributed by atoms with Crippen molar-refractivity contribution >= 4 is 46.4 Å². The van der Waals surface area contributed by atoms with Crippen LogP contribution in [-0.2, 0) is 0 Å². The minimum atomic E-state index is -0.399. The maximum atomic E-state index is 12.7. The largest absolute Gasteiger partial charge is 0.496 e. The fraction of sp³-hybridized carbons (Fsp3) is 0.0909. The summed E-state index contributed by atoms with van der Waals surface area (Å²) >= 11 is 12.1. The van der Waals surface area contributed by atoms with Crippen LogP contribution < -0.4 is 20.1 Å². The van der Waals surface area contributed by atoms with Gasteiger partial charge in [-0.15, -0.1) is 0 Å². The molecular formula is C22H18Cl2N2O4. The molecule has 0 aliphatic rings. The molecule has 0 aliphatic heterocycles. The third kappa shape index (κ3) is 4.84. The van der Waals surface area contributed by atoms with Crippen LogP contribution >= 0.6 is 23.2 Å². The maximum absolute atomic E-state index is 12.7. The van der Waals surface area contributed by atoms with E-state index < -0.39 is 5.91 Å². The summed E-state index contributed by atoms with van der Waals surface area (Å²) < 4.78 is 10.6. The molecule has 0 heterocycles. The van der Waals surface area contributed by atoms with E-state index >= 15 is 0 Å². The second-order valence-electron chi connectivity index (χ2n) is 6.15. The van der Waals surface area contributed by atoms with Gasteiger partial charge in [0.1, 0.15) is 11.5 Å². The minimum absolute atomic E-state index is 0.292. The van der Waals surface area contributed by atoms with Gasteiger partial charge >= 0.3 is 0 Å². The highest BCUT2D eigenvalue weighted by atomic mass is 35.5. The molecule has 8 heteroatoms. The smallest absolute Gasteiger partial charge is 0.259 e. The van der Waals surface area contributed by atoms with E-state index in [-0.39, 0.29) is 5.91 Å². The molecule has 0 bridgehead atoms. The number of anilines is 2. The van der Waals surface area contributed by atoms with Crippen molar-refractivity contribution in [2.45, 2.75) is 0 Å². The van der Waals surface area contributed by atoms with Crippen LogP contribution in [0.3, 0.4) is 0 Å². The van der Waals surface area contributed by atoms with E-state index in [1.807, 2.05) is 0 Å². The summed E-state index contributed by atoms with van der Waals surface area (Å²) in [6.07, 6.45) is 0. The highest BCUT2D eigenvalue weighted by Crippen LogP contribution is 2.30. The Morgan fingerprint density at radius 3 is 2.17 bits per heavy atom. The van der Waals surface area contributed by atoms with Crippen molar-refractivity contribution < 1.29 is 19.1 Å². The molecule has 2 amide bonds. The number of ether oxygens (including phenoxy) is 2. The zero-order valence-corrected chi connectivity index (χ0v) is 17.7. The van der Waals surface area contributed by atoms with Crippen molar-refractivity contribution in [1.82, 2.24) is 0 Å². The molecule has 0 saturated carbocycles. The van der Waals surface area contributed by atoms with Crippen LogP contribution in [0.5, 0.6) is 11.5 Å². The van der Waals surface area contributed by atoms with Gasteiger partial charge in [0.15, 0.2) is 0 Å². The monoisotopic (exact) mass is 444 g/mol. The summed E-state index contributed by atoms with van der Waals surface area (Å²) in [6, 6.07) is 16.3. The summed E-state index contributed by atoms with van der Waals surface area (Å²) in [7, 11) is 2.94. The van der Waals surface area contributed by atoms with Gasteiger partial charge in [0, 0.05) is 16.8 Å². The highest BCUT2D eigenvalue weighted by Gasteiger charge is 2.16. The molecule has 0 unspecified atom stereocenters. The van der Waals surface area contributed by atoms with Crippen LogP contribution in [0.25, 0.3) is 0 Å². The van der Waals surface area contributed by atoms with Crippen molar-refractivity contribution in [2.75, 3.05) is 24.9 Å². The number of benzene rings is 3. The summed E-state index contributed by atoms with van der Waals surface area (Å²) in [5.41, 5.74) is 1.53. The number of carbonyl (C=O) groups excluding carboxylic acids is 2. The van der Waals surface area contributed by atoms with Crippen molar-refractivity contribution in [3.63, 3.8) is 0 Å². The van der Waals surface area contributed by atoms with E-state index in [0.29, 0.717) is 44.0 Å². The van der Waals surface area contributed by atoms with Gasteiger partial charge in [-0.1, -0.05) is 35.3 Å². The third-order valence-electron chi connectivity index (χ3n) is 4.23. The van der Waals surface area contributed by atoms with Gasteiger partial charge in [0.05, 0.1) is 36.1 Å². The predicted octanol–water partition coefficient (Wildman–Crippen LogP) is 5.52. The molecule has 3 rings (SSSR count). The Labute approximate surface area is 183 Å². The molecule has 0 radical (unpaired) electrons. The molecular weight excluding hydrogens is 427 g/mol. The van der Waals surface area contributed by atoms with Crippen LogP contribution in [0.4, 0.5) is 11.4 Å². The average molecular weight is 445 g/mol. The first-order valence-electron chi connectivity index (χ1n) is 8.81. The van der Waals surface area contributed by atoms with Crippen molar-refractivity contribution in [2.24, 2.45) is 0 Å². The van der Waals surface area contributed by atoms with Crippen molar-refractivity contribution in [3.8, 4) is 11.5 Å². The summed E-state index contributed by atoms with van der Waals surface area (Å²) in [6.45, 7) is 0. The average Bonchev–Trinajstić information content (AvgIpc) is 2.74. The molecule has 0 spiro atoms. The number of hydrogen-bond donors (Lipinski definition) is 2. The van der Waals surface area contributed by atoms with Crippen LogP contribution in [0, 0.1) is 0 Å². The fourth-order valence-electron chi connectivity index (χ4n) is 2.76. The summed E-state index contributed by atoms with van der Waals surface area (Å²) in [5.74, 6) is -0.0117. The predicted molar refractivity (Wildman–Crippen MR) is 118 cm³/mol. The Morgan fingerprint density at radius 2 is 1.47 bits per heavy atom. The fourth-order valence-corrected chi connectivity index (χ4v) is 3.16. The Balaban J connectivity index is 1.81. The lowest BCUT2D eigenvalue weighted by Gasteiger charge is -2.14. The summed E-state index contributed by atoms with van der Waals surface area (Å²) in [4.78, 5) is 25.2. The van der Waals surface area contributed by atoms with E-state index in [1.165, 1.54) is 20.3 Å². The van der Waals surface area contributed by atoms with E-state index in [9.17, 15) is 9.59 Å². The molecule has 2 N–H and O–H groups in total. The third-order valence-corrected chi connectivity index (χ3v) is 4.80. The first kappa shape index (κ1) is 21.5. The number of rotatable bonds is 6. The number of carbonyl (C=O) groups is 2. The molecule has 0 aromatic heterocycles. The van der Waals surface area contributed by atoms with Gasteiger partial charge in [0.25, 0.3) is 11.8 Å². The Hall–Kier alpha value is -3.22. The van der Waals surface area contributed by atoms with Crippen molar-refractivity contribution in [3.05, 3.63) is 81.8 Å². The lowest BCUT2D eigenvalue weighted by atomic mass is 10.1. The van der Waals surface area contributed by atoms with Gasteiger partial charge in [-0.25, -0.2) is 0 Å². The molecule has 3 aromatic carbocycles. The Kier molecular flexibility index (Phi) is 6.82. The Bertz CT molecular complexity index is 1100. The lowest BCUT2D eigenvalue weighted by Crippen LogP contribution is -2.15. The molecule has 0 fully saturated rings. The standard InChI is InChI=1S/C22H18Cl2N2O4/c1-29-19-10-7-13(23)11-16(19)22(28)25-14-8-9-18(20(12-14)30-2)26-21(27)15-5-3-4-6-17(15)24/h3-12H,1-2H3,(H,25,28)(H,26,27). The number of methoxy groups -OCH3 is 2. The van der Waals surface area contributed by atoms with E-state index in [0.717, 1.165) is 0 Å². The normalized spacial score (nSPS) is 10.3. The Morgan fingerprint density at radius 1 is 0.767 bits per heavy atom. The number of hydrogen-bond acceptors (Lipinski definition) is 4. The van der Waals surface area contributed by atoms with Crippen LogP contribution in [0.2, 0.25) is 10.0 Å². The highest BCUT2D eigenvalue weighted by molar-refractivity contribution is 6.34. The number of halogens is 2. The van der Waals surface area contributed by atoms with Gasteiger partial charge in [-0.3, -0.25) is 9.59 Å². The van der Waals surface area contributed by atoms with Crippen LogP contribution in [0.15, 0.2) is 60.7 Å². The minimum Gasteiger partial charge on any atom is -0.496 e. The van der Waals surface area contributed by atoms with E-state index in [4.69, 9.17) is 32.7 Å². The SMILES string of the molecule is COc1cc(NC(=O)c2cc(Cl)ccc2OC)ccc1NC(=O)c1ccccc1Cl. The zero-order chi connectivity index (χ0) is 21.7. The molecule has 6 nitrogen and oxygen atoms in total.